The van der Waals surface area contributed by atoms with Gasteiger partial charge in [-0.2, -0.15) is 16.5 Å². The van der Waals surface area contributed by atoms with Crippen molar-refractivity contribution < 1.29 is 33.9 Å². The molecule has 0 saturated carbocycles. The van der Waals surface area contributed by atoms with E-state index < -0.39 is 0 Å². The van der Waals surface area contributed by atoms with Crippen LogP contribution in [0.3, 0.4) is 0 Å². The van der Waals surface area contributed by atoms with E-state index in [9.17, 15) is 4.32 Å². The average Bonchev–Trinajstić information content (AvgIpc) is 1.88. The van der Waals surface area contributed by atoms with Crippen LogP contribution in [0.2, 0.25) is 0 Å². The van der Waals surface area contributed by atoms with Crippen LogP contribution in [-0.2, 0) is 0 Å². The second-order valence-electron chi connectivity index (χ2n) is 0.462. The molecule has 0 unspecified atom stereocenters. The summed E-state index contributed by atoms with van der Waals surface area (Å²) >= 11 is 0. The SMILES string of the molecule is C.N#CC#N.N#C[B-]F.[Na+]. The summed E-state index contributed by atoms with van der Waals surface area (Å²) < 4.78 is 10.2. The third-order valence-corrected chi connectivity index (χ3v) is 0.0988. The zero-order valence-electron chi connectivity index (χ0n) is 4.80. The molecule has 0 aromatic carbocycles. The molecule has 0 aliphatic heterocycles. The van der Waals surface area contributed by atoms with Crippen molar-refractivity contribution in [2.24, 2.45) is 0 Å². The third kappa shape index (κ3) is 145. The van der Waals surface area contributed by atoms with Gasteiger partial charge in [-0.25, -0.2) is 0 Å². The molecule has 0 fully saturated rings. The molecule has 10 heavy (non-hydrogen) atoms. The maximum absolute atomic E-state index is 10.2. The summed E-state index contributed by atoms with van der Waals surface area (Å²) in [4.78, 5) is 0. The van der Waals surface area contributed by atoms with E-state index >= 15 is 0 Å². The van der Waals surface area contributed by atoms with Crippen LogP contribution in [0.15, 0.2) is 0 Å². The summed E-state index contributed by atoms with van der Waals surface area (Å²) in [5.74, 6) is 1.14. The minimum absolute atomic E-state index is 0. The van der Waals surface area contributed by atoms with Crippen molar-refractivity contribution >= 4 is 7.56 Å². The van der Waals surface area contributed by atoms with Gasteiger partial charge in [0.25, 0.3) is 0 Å². The number of hydrogen-bond donors (Lipinski definition) is 0. The predicted molar refractivity (Wildman–Crippen MR) is 30.4 cm³/mol. The van der Waals surface area contributed by atoms with Crippen LogP contribution in [0.1, 0.15) is 7.43 Å². The molecule has 0 aliphatic rings. The van der Waals surface area contributed by atoms with E-state index in [1.165, 1.54) is 12.1 Å². The number of nitrogens with zero attached hydrogens (tertiary/aromatic N) is 3. The Hall–Kier alpha value is -0.535. The Kier molecular flexibility index (Phi) is 89.2. The fourth-order valence-electron chi connectivity index (χ4n) is 0. The van der Waals surface area contributed by atoms with Crippen molar-refractivity contribution in [1.82, 2.24) is 0 Å². The van der Waals surface area contributed by atoms with Gasteiger partial charge in [0.05, 0.1) is 0 Å². The van der Waals surface area contributed by atoms with E-state index in [1.807, 2.05) is 0 Å². The van der Waals surface area contributed by atoms with Gasteiger partial charge < -0.3 is 4.32 Å². The summed E-state index contributed by atoms with van der Waals surface area (Å²) in [6.45, 7) is 0. The van der Waals surface area contributed by atoms with Gasteiger partial charge in [0.1, 0.15) is 0 Å². The molecule has 6 heteroatoms. The Labute approximate surface area is 82.6 Å². The molecule has 46 valence electrons. The van der Waals surface area contributed by atoms with Crippen molar-refractivity contribution in [2.45, 2.75) is 7.43 Å². The summed E-state index contributed by atoms with van der Waals surface area (Å²) in [6.07, 6.45) is 0. The van der Waals surface area contributed by atoms with Gasteiger partial charge >= 0.3 is 29.6 Å². The van der Waals surface area contributed by atoms with E-state index in [4.69, 9.17) is 15.8 Å². The van der Waals surface area contributed by atoms with Gasteiger partial charge in [-0.3, -0.25) is 5.26 Å². The second kappa shape index (κ2) is 39.3. The Bertz CT molecular complexity index is 141. The fraction of sp³-hybridized carbons (Fsp3) is 0.250. The topological polar surface area (TPSA) is 71.4 Å². The van der Waals surface area contributed by atoms with Gasteiger partial charge in [-0.05, 0) is 0 Å². The number of nitriles is 3. The molecule has 0 bridgehead atoms. The molecule has 0 spiro atoms. The first-order chi connectivity index (χ1) is 3.83. The average molecular weight is 147 g/mol. The Morgan fingerprint density at radius 1 is 1.10 bits per heavy atom. The molecule has 0 N–H and O–H groups in total. The number of halogens is 1. The predicted octanol–water partition coefficient (Wildman–Crippen LogP) is -2.27. The molecule has 0 rings (SSSR count). The summed E-state index contributed by atoms with van der Waals surface area (Å²) in [5, 5.41) is 21.7. The Morgan fingerprint density at radius 2 is 1.30 bits per heavy atom. The normalized spacial score (nSPS) is 3.00. The first kappa shape index (κ1) is 22.7. The van der Waals surface area contributed by atoms with Crippen molar-refractivity contribution in [3.05, 3.63) is 0 Å². The molecule has 2 radical (unpaired) electrons. The van der Waals surface area contributed by atoms with Gasteiger partial charge in [-0.15, -0.1) is 0 Å². The first-order valence-electron chi connectivity index (χ1n) is 1.43. The van der Waals surface area contributed by atoms with E-state index in [2.05, 4.69) is 0 Å². The molecule has 0 amide bonds. The monoisotopic (exact) mass is 147 g/mol. The molecular formula is C4H4BFN3Na. The number of hydrogen-bond acceptors (Lipinski definition) is 3. The standard InChI is InChI=1S/C2N2.CBFN.CH4.Na/c3-1-2-4;3-2-1-4;;/h;;1H4;/q;-1;;+1. The van der Waals surface area contributed by atoms with Crippen molar-refractivity contribution in [2.75, 3.05) is 0 Å². The molecule has 0 atom stereocenters. The maximum atomic E-state index is 10.2. The van der Waals surface area contributed by atoms with Gasteiger partial charge in [0, 0.05) is 7.56 Å². The summed E-state index contributed by atoms with van der Waals surface area (Å²) in [7, 11) is -0.0694. The molecule has 0 aromatic rings. The van der Waals surface area contributed by atoms with E-state index in [-0.39, 0.29) is 44.5 Å². The third-order valence-electron chi connectivity index (χ3n) is 0.0988. The van der Waals surface area contributed by atoms with Crippen LogP contribution in [0, 0.1) is 33.9 Å². The minimum Gasteiger partial charge on any atom is -0.579 e. The zero-order valence-corrected chi connectivity index (χ0v) is 6.80. The van der Waals surface area contributed by atoms with Crippen LogP contribution < -0.4 is 29.6 Å². The molecule has 0 aromatic heterocycles. The molecule has 0 saturated heterocycles. The number of rotatable bonds is 0. The molecule has 0 aliphatic carbocycles. The fourth-order valence-corrected chi connectivity index (χ4v) is 0. The summed E-state index contributed by atoms with van der Waals surface area (Å²) in [6, 6.07) is 2.47. The van der Waals surface area contributed by atoms with Gasteiger partial charge in [0.2, 0.25) is 0 Å². The van der Waals surface area contributed by atoms with Crippen LogP contribution in [0.25, 0.3) is 0 Å². The van der Waals surface area contributed by atoms with E-state index in [0.29, 0.717) is 0 Å². The maximum Gasteiger partial charge on any atom is 1.00 e. The van der Waals surface area contributed by atoms with Gasteiger partial charge in [-0.1, -0.05) is 7.43 Å². The van der Waals surface area contributed by atoms with E-state index in [1.54, 1.807) is 0 Å². The van der Waals surface area contributed by atoms with Crippen LogP contribution >= 0.6 is 0 Å². The molecule has 3 nitrogen and oxygen atoms in total. The second-order valence-corrected chi connectivity index (χ2v) is 0.462. The van der Waals surface area contributed by atoms with Crippen molar-refractivity contribution in [3.8, 4) is 18.1 Å². The quantitative estimate of drug-likeness (QED) is 0.362. The minimum atomic E-state index is -0.0694. The largest absolute Gasteiger partial charge is 1.00 e. The van der Waals surface area contributed by atoms with Gasteiger partial charge in [0.15, 0.2) is 12.1 Å². The van der Waals surface area contributed by atoms with Crippen molar-refractivity contribution in [3.63, 3.8) is 0 Å². The zero-order chi connectivity index (χ0) is 6.83. The first-order valence-corrected chi connectivity index (χ1v) is 1.43. The van der Waals surface area contributed by atoms with Crippen molar-refractivity contribution in [1.29, 1.82) is 15.8 Å². The Morgan fingerprint density at radius 3 is 1.30 bits per heavy atom. The summed E-state index contributed by atoms with van der Waals surface area (Å²) in [5.41, 5.74) is 0. The smallest absolute Gasteiger partial charge is 0.579 e. The van der Waals surface area contributed by atoms with E-state index in [0.717, 1.165) is 5.97 Å². The molecule has 0 heterocycles. The molecular weight excluding hydrogens is 143 g/mol. The van der Waals surface area contributed by atoms with Crippen LogP contribution in [0.4, 0.5) is 4.32 Å². The van der Waals surface area contributed by atoms with Crippen LogP contribution in [-0.4, -0.2) is 7.56 Å². The van der Waals surface area contributed by atoms with Crippen LogP contribution in [0.5, 0.6) is 0 Å². The Balaban J connectivity index is -0.0000000300.